The monoisotopic (exact) mass is 785 g/mol. The molecule has 1 unspecified atom stereocenters. The van der Waals surface area contributed by atoms with E-state index in [0.29, 0.717) is 19.3 Å². The Morgan fingerprint density at radius 3 is 1.16 bits per heavy atom. The first-order valence-corrected chi connectivity index (χ1v) is 23.6. The third-order valence-electron chi connectivity index (χ3n) is 10.0. The Morgan fingerprint density at radius 2 is 0.679 bits per heavy atom. The summed E-state index contributed by atoms with van der Waals surface area (Å²) in [6.45, 7) is 6.51. The molecule has 0 aliphatic rings. The van der Waals surface area contributed by atoms with Crippen molar-refractivity contribution in [1.82, 2.24) is 0 Å². The molecule has 0 heterocycles. The second-order valence-electron chi connectivity index (χ2n) is 15.7. The average molecular weight is 785 g/mol. The first-order chi connectivity index (χ1) is 27.5. The fraction of sp³-hybridized carbons (Fsp3) is 0.780. The number of ether oxygens (including phenoxy) is 3. The average Bonchev–Trinajstić information content (AvgIpc) is 3.19. The van der Waals surface area contributed by atoms with E-state index >= 15 is 0 Å². The summed E-state index contributed by atoms with van der Waals surface area (Å²) < 4.78 is 16.6. The van der Waals surface area contributed by atoms with Crippen molar-refractivity contribution in [1.29, 1.82) is 0 Å². The van der Waals surface area contributed by atoms with E-state index in [1.165, 1.54) is 116 Å². The van der Waals surface area contributed by atoms with Crippen LogP contribution in [0.3, 0.4) is 0 Å². The first kappa shape index (κ1) is 53.4. The van der Waals surface area contributed by atoms with Crippen molar-refractivity contribution < 1.29 is 28.6 Å². The molecular formula is C50H88O6. The molecule has 0 aromatic rings. The van der Waals surface area contributed by atoms with Crippen LogP contribution in [0.5, 0.6) is 0 Å². The summed E-state index contributed by atoms with van der Waals surface area (Å²) in [5.41, 5.74) is 0. The number of hydrogen-bond acceptors (Lipinski definition) is 6. The lowest BCUT2D eigenvalue weighted by atomic mass is 10.1. The van der Waals surface area contributed by atoms with Crippen LogP contribution in [0.1, 0.15) is 233 Å². The molecule has 6 nitrogen and oxygen atoms in total. The van der Waals surface area contributed by atoms with Crippen LogP contribution in [0.15, 0.2) is 48.6 Å². The smallest absolute Gasteiger partial charge is 0.306 e. The molecule has 6 heteroatoms. The van der Waals surface area contributed by atoms with Crippen molar-refractivity contribution in [3.05, 3.63) is 48.6 Å². The van der Waals surface area contributed by atoms with E-state index < -0.39 is 6.10 Å². The van der Waals surface area contributed by atoms with Gasteiger partial charge in [-0.1, -0.05) is 172 Å². The molecule has 0 aliphatic carbocycles. The second kappa shape index (κ2) is 45.1. The van der Waals surface area contributed by atoms with Gasteiger partial charge in [-0.3, -0.25) is 14.4 Å². The predicted molar refractivity (Wildman–Crippen MR) is 238 cm³/mol. The van der Waals surface area contributed by atoms with Gasteiger partial charge in [-0.15, -0.1) is 0 Å². The summed E-state index contributed by atoms with van der Waals surface area (Å²) in [7, 11) is 0. The topological polar surface area (TPSA) is 78.9 Å². The number of carbonyl (C=O) groups is 3. The van der Waals surface area contributed by atoms with E-state index in [-0.39, 0.29) is 37.5 Å². The summed E-state index contributed by atoms with van der Waals surface area (Å²) in [6.07, 6.45) is 52.5. The van der Waals surface area contributed by atoms with Gasteiger partial charge < -0.3 is 14.2 Å². The molecule has 0 rings (SSSR count). The normalized spacial score (nSPS) is 12.4. The van der Waals surface area contributed by atoms with Gasteiger partial charge in [0.05, 0.1) is 0 Å². The van der Waals surface area contributed by atoms with Gasteiger partial charge in [0.25, 0.3) is 0 Å². The van der Waals surface area contributed by atoms with Crippen LogP contribution in [-0.2, 0) is 28.6 Å². The van der Waals surface area contributed by atoms with Crippen LogP contribution in [-0.4, -0.2) is 37.2 Å². The minimum atomic E-state index is -0.803. The molecule has 0 amide bonds. The van der Waals surface area contributed by atoms with E-state index in [4.69, 9.17) is 14.2 Å². The highest BCUT2D eigenvalue weighted by atomic mass is 16.6. The zero-order valence-electron chi connectivity index (χ0n) is 36.9. The number of unbranched alkanes of at least 4 members (excludes halogenated alkanes) is 23. The molecule has 0 bridgehead atoms. The summed E-state index contributed by atoms with van der Waals surface area (Å²) in [4.78, 5) is 37.7. The van der Waals surface area contributed by atoms with Crippen molar-refractivity contribution in [3.8, 4) is 0 Å². The van der Waals surface area contributed by atoms with E-state index in [9.17, 15) is 14.4 Å². The maximum atomic E-state index is 12.7. The quantitative estimate of drug-likeness (QED) is 0.0265. The number of carbonyl (C=O) groups excluding carboxylic acids is 3. The third kappa shape index (κ3) is 42.5. The van der Waals surface area contributed by atoms with Gasteiger partial charge in [-0.05, 0) is 89.9 Å². The molecule has 0 aromatic carbocycles. The van der Waals surface area contributed by atoms with E-state index in [0.717, 1.165) is 70.6 Å². The number of rotatable bonds is 42. The van der Waals surface area contributed by atoms with Crippen LogP contribution in [0.25, 0.3) is 0 Å². The number of hydrogen-bond donors (Lipinski definition) is 0. The van der Waals surface area contributed by atoms with Crippen molar-refractivity contribution in [2.24, 2.45) is 0 Å². The fourth-order valence-electron chi connectivity index (χ4n) is 6.42. The van der Waals surface area contributed by atoms with Gasteiger partial charge in [-0.25, -0.2) is 0 Å². The van der Waals surface area contributed by atoms with Crippen molar-refractivity contribution in [3.63, 3.8) is 0 Å². The molecule has 0 spiro atoms. The fourth-order valence-corrected chi connectivity index (χ4v) is 6.42. The van der Waals surface area contributed by atoms with Gasteiger partial charge in [0.2, 0.25) is 0 Å². The van der Waals surface area contributed by atoms with Crippen LogP contribution in [0, 0.1) is 0 Å². The third-order valence-corrected chi connectivity index (χ3v) is 10.0. The molecule has 324 valence electrons. The van der Waals surface area contributed by atoms with Crippen molar-refractivity contribution in [2.45, 2.75) is 239 Å². The Hall–Kier alpha value is -2.63. The highest BCUT2D eigenvalue weighted by Gasteiger charge is 2.19. The van der Waals surface area contributed by atoms with Gasteiger partial charge in [0.15, 0.2) is 6.10 Å². The largest absolute Gasteiger partial charge is 0.462 e. The lowest BCUT2D eigenvalue weighted by molar-refractivity contribution is -0.166. The summed E-state index contributed by atoms with van der Waals surface area (Å²) in [5.74, 6) is -0.996. The van der Waals surface area contributed by atoms with Gasteiger partial charge in [0, 0.05) is 19.3 Å². The summed E-state index contributed by atoms with van der Waals surface area (Å²) in [5, 5.41) is 0. The molecule has 0 aliphatic heterocycles. The molecule has 0 aromatic heterocycles. The molecule has 0 fully saturated rings. The highest BCUT2D eigenvalue weighted by molar-refractivity contribution is 5.71. The maximum absolute atomic E-state index is 12.7. The van der Waals surface area contributed by atoms with Gasteiger partial charge in [0.1, 0.15) is 13.2 Å². The van der Waals surface area contributed by atoms with Crippen LogP contribution < -0.4 is 0 Å². The highest BCUT2D eigenvalue weighted by Crippen LogP contribution is 2.13. The first-order valence-electron chi connectivity index (χ1n) is 23.6. The van der Waals surface area contributed by atoms with Crippen LogP contribution in [0.4, 0.5) is 0 Å². The Morgan fingerprint density at radius 1 is 0.357 bits per heavy atom. The molecule has 1 atom stereocenters. The van der Waals surface area contributed by atoms with E-state index in [1.807, 2.05) is 6.08 Å². The standard InChI is InChI=1S/C50H88O6/c1-4-7-10-13-16-19-22-25-28-31-34-37-40-43-49(52)55-46-47(45-54-48(51)42-39-36-33-30-27-24-21-18-15-12-9-6-3)56-50(53)44-41-38-35-32-29-26-23-20-17-14-11-8-5-2/h18,21,25-26,28-29,34,37,47H,4-17,19-20,22-24,27,30-33,35-36,38-46H2,1-3H3/b21-18-,28-25-,29-26-,37-34-. The van der Waals surface area contributed by atoms with Gasteiger partial charge in [-0.2, -0.15) is 0 Å². The van der Waals surface area contributed by atoms with E-state index in [1.54, 1.807) is 0 Å². The molecular weight excluding hydrogens is 697 g/mol. The Bertz CT molecular complexity index is 996. The molecule has 0 radical (unpaired) electrons. The van der Waals surface area contributed by atoms with Crippen molar-refractivity contribution >= 4 is 17.9 Å². The molecule has 56 heavy (non-hydrogen) atoms. The lowest BCUT2D eigenvalue weighted by Gasteiger charge is -2.18. The zero-order valence-corrected chi connectivity index (χ0v) is 36.9. The lowest BCUT2D eigenvalue weighted by Crippen LogP contribution is -2.30. The summed E-state index contributed by atoms with van der Waals surface area (Å²) >= 11 is 0. The second-order valence-corrected chi connectivity index (χ2v) is 15.7. The van der Waals surface area contributed by atoms with Crippen LogP contribution in [0.2, 0.25) is 0 Å². The predicted octanol–water partition coefficient (Wildman–Crippen LogP) is 15.1. The number of esters is 3. The Balaban J connectivity index is 4.48. The molecule has 0 N–H and O–H groups in total. The van der Waals surface area contributed by atoms with E-state index in [2.05, 4.69) is 63.3 Å². The zero-order chi connectivity index (χ0) is 40.8. The molecule has 0 saturated heterocycles. The molecule has 0 saturated carbocycles. The van der Waals surface area contributed by atoms with Crippen molar-refractivity contribution in [2.75, 3.05) is 13.2 Å². The van der Waals surface area contributed by atoms with Gasteiger partial charge >= 0.3 is 17.9 Å². The van der Waals surface area contributed by atoms with Crippen LogP contribution >= 0.6 is 0 Å². The SMILES string of the molecule is CCCCC/C=C\CCCCCCCC(=O)OCC(COC(=O)CC/C=C\C/C=C\CCCCCCCC)OC(=O)CCCCC/C=C\CCCCCCCC. The Labute approximate surface area is 346 Å². The number of allylic oxidation sites excluding steroid dienone is 8. The summed E-state index contributed by atoms with van der Waals surface area (Å²) in [6, 6.07) is 0. The maximum Gasteiger partial charge on any atom is 0.306 e. The minimum Gasteiger partial charge on any atom is -0.462 e. The Kier molecular flexibility index (Phi) is 43.0. The minimum absolute atomic E-state index is 0.100.